The lowest BCUT2D eigenvalue weighted by Gasteiger charge is -2.22. The lowest BCUT2D eigenvalue weighted by atomic mass is 10.2. The number of hydrogen-bond donors (Lipinski definition) is 0. The van der Waals surface area contributed by atoms with Crippen LogP contribution in [0.15, 0.2) is 59.5 Å². The molecule has 27 heavy (non-hydrogen) atoms. The Morgan fingerprint density at radius 2 is 1.78 bits per heavy atom. The van der Waals surface area contributed by atoms with Gasteiger partial charge in [-0.25, -0.2) is 4.98 Å². The zero-order valence-electron chi connectivity index (χ0n) is 15.9. The molecule has 0 atom stereocenters. The minimum atomic E-state index is -0.270. The van der Waals surface area contributed by atoms with E-state index in [1.54, 1.807) is 4.90 Å². The molecule has 6 heteroatoms. The van der Waals surface area contributed by atoms with Gasteiger partial charge in [-0.2, -0.15) is 0 Å². The third-order valence-corrected chi connectivity index (χ3v) is 4.61. The van der Waals surface area contributed by atoms with Gasteiger partial charge in [0.05, 0.1) is 17.2 Å². The van der Waals surface area contributed by atoms with Crippen molar-refractivity contribution in [3.8, 4) is 0 Å². The van der Waals surface area contributed by atoms with Crippen LogP contribution < -0.4 is 10.5 Å². The van der Waals surface area contributed by atoms with Crippen molar-refractivity contribution in [3.05, 3.63) is 70.6 Å². The average molecular weight is 364 g/mol. The highest BCUT2D eigenvalue weighted by Crippen LogP contribution is 2.14. The van der Waals surface area contributed by atoms with Gasteiger partial charge in [0.25, 0.3) is 5.56 Å². The summed E-state index contributed by atoms with van der Waals surface area (Å²) >= 11 is 0. The van der Waals surface area contributed by atoms with Crippen molar-refractivity contribution in [2.24, 2.45) is 0 Å². The highest BCUT2D eigenvalue weighted by molar-refractivity contribution is 5.80. The van der Waals surface area contributed by atoms with Crippen LogP contribution in [0.1, 0.15) is 12.5 Å². The number of likely N-dealkylation sites (N-methyl/N-ethyl adjacent to an activating group) is 1. The van der Waals surface area contributed by atoms with Gasteiger partial charge >= 0.3 is 0 Å². The minimum Gasteiger partial charge on any atom is -0.378 e. The molecule has 0 radical (unpaired) electrons. The molecule has 0 N–H and O–H groups in total. The Hall–Kier alpha value is -3.15. The molecule has 1 heterocycles. The molecule has 3 rings (SSSR count). The topological polar surface area (TPSA) is 58.4 Å². The summed E-state index contributed by atoms with van der Waals surface area (Å²) in [4.78, 5) is 33.1. The molecule has 0 unspecified atom stereocenters. The second kappa shape index (κ2) is 8.03. The number of carbonyl (C=O) groups excluding carboxylic acids is 1. The Kier molecular flexibility index (Phi) is 5.54. The normalized spacial score (nSPS) is 10.8. The van der Waals surface area contributed by atoms with E-state index in [4.69, 9.17) is 0 Å². The van der Waals surface area contributed by atoms with Gasteiger partial charge < -0.3 is 9.80 Å². The van der Waals surface area contributed by atoms with E-state index in [1.807, 2.05) is 74.4 Å². The predicted octanol–water partition coefficient (Wildman–Crippen LogP) is 2.51. The van der Waals surface area contributed by atoms with Crippen molar-refractivity contribution in [1.29, 1.82) is 0 Å². The summed E-state index contributed by atoms with van der Waals surface area (Å²) in [7, 11) is 3.99. The van der Waals surface area contributed by atoms with Gasteiger partial charge in [-0.1, -0.05) is 24.3 Å². The third-order valence-electron chi connectivity index (χ3n) is 4.61. The Bertz CT molecular complexity index is 993. The first-order valence-electron chi connectivity index (χ1n) is 8.98. The largest absolute Gasteiger partial charge is 0.378 e. The molecule has 0 saturated heterocycles. The third kappa shape index (κ3) is 4.16. The van der Waals surface area contributed by atoms with Crippen LogP contribution in [0.2, 0.25) is 0 Å². The summed E-state index contributed by atoms with van der Waals surface area (Å²) in [5.74, 6) is -0.0901. The van der Waals surface area contributed by atoms with Crippen LogP contribution in [0.25, 0.3) is 11.0 Å². The molecule has 0 spiro atoms. The van der Waals surface area contributed by atoms with E-state index < -0.39 is 0 Å². The van der Waals surface area contributed by atoms with Gasteiger partial charge in [0.1, 0.15) is 6.54 Å². The lowest BCUT2D eigenvalue weighted by molar-refractivity contribution is -0.132. The first-order valence-corrected chi connectivity index (χ1v) is 8.98. The first-order chi connectivity index (χ1) is 13.0. The second-order valence-electron chi connectivity index (χ2n) is 6.64. The van der Waals surface area contributed by atoms with Crippen molar-refractivity contribution in [2.75, 3.05) is 25.5 Å². The highest BCUT2D eigenvalue weighted by atomic mass is 16.2. The molecule has 140 valence electrons. The number of para-hydroxylation sites is 2. The van der Waals surface area contributed by atoms with Crippen LogP contribution in [-0.4, -0.2) is 41.0 Å². The van der Waals surface area contributed by atoms with E-state index in [0.717, 1.165) is 11.3 Å². The number of nitrogens with zero attached hydrogens (tertiary/aromatic N) is 4. The van der Waals surface area contributed by atoms with Crippen molar-refractivity contribution in [3.63, 3.8) is 0 Å². The van der Waals surface area contributed by atoms with Crippen molar-refractivity contribution < 1.29 is 4.79 Å². The maximum Gasteiger partial charge on any atom is 0.269 e. The Balaban J connectivity index is 1.80. The molecule has 6 nitrogen and oxygen atoms in total. The van der Waals surface area contributed by atoms with Gasteiger partial charge in [0.15, 0.2) is 0 Å². The fourth-order valence-electron chi connectivity index (χ4n) is 3.01. The van der Waals surface area contributed by atoms with Gasteiger partial charge in [-0.15, -0.1) is 0 Å². The Morgan fingerprint density at radius 1 is 1.07 bits per heavy atom. The number of aromatic nitrogens is 2. The summed E-state index contributed by atoms with van der Waals surface area (Å²) in [5, 5.41) is 0. The van der Waals surface area contributed by atoms with Gasteiger partial charge in [-0.05, 0) is 36.8 Å². The van der Waals surface area contributed by atoms with E-state index in [0.29, 0.717) is 24.1 Å². The molecule has 0 saturated carbocycles. The molecule has 2 aromatic carbocycles. The van der Waals surface area contributed by atoms with Crippen molar-refractivity contribution >= 4 is 22.6 Å². The summed E-state index contributed by atoms with van der Waals surface area (Å²) in [6.45, 7) is 3.04. The molecule has 0 aliphatic heterocycles. The predicted molar refractivity (Wildman–Crippen MR) is 108 cm³/mol. The average Bonchev–Trinajstić information content (AvgIpc) is 2.68. The Morgan fingerprint density at radius 3 is 2.44 bits per heavy atom. The van der Waals surface area contributed by atoms with Gasteiger partial charge in [0.2, 0.25) is 5.91 Å². The second-order valence-corrected chi connectivity index (χ2v) is 6.64. The van der Waals surface area contributed by atoms with Gasteiger partial charge in [0, 0.05) is 32.9 Å². The Labute approximate surface area is 158 Å². The molecule has 0 aliphatic rings. The van der Waals surface area contributed by atoms with E-state index >= 15 is 0 Å². The molecule has 0 bridgehead atoms. The number of amides is 1. The minimum absolute atomic E-state index is 0.00544. The maximum atomic E-state index is 12.9. The molecular weight excluding hydrogens is 340 g/mol. The maximum absolute atomic E-state index is 12.9. The van der Waals surface area contributed by atoms with Crippen molar-refractivity contribution in [2.45, 2.75) is 20.0 Å². The number of carbonyl (C=O) groups is 1. The number of anilines is 1. The molecule has 0 aliphatic carbocycles. The smallest absolute Gasteiger partial charge is 0.269 e. The fraction of sp³-hybridized carbons (Fsp3) is 0.286. The molecule has 1 aromatic heterocycles. The first kappa shape index (κ1) is 18.6. The quantitative estimate of drug-likeness (QED) is 0.674. The summed E-state index contributed by atoms with van der Waals surface area (Å²) in [6, 6.07) is 15.5. The standard InChI is InChI=1S/C21H24N4O2/c1-4-24(14-16-9-11-17(12-10-16)23(2)3)21(27)15-25-19-8-6-5-7-18(19)22-13-20(25)26/h5-13H,4,14-15H2,1-3H3. The van der Waals surface area contributed by atoms with E-state index in [-0.39, 0.29) is 18.0 Å². The molecule has 0 fully saturated rings. The van der Waals surface area contributed by atoms with E-state index in [1.165, 1.54) is 10.8 Å². The van der Waals surface area contributed by atoms with Crippen LogP contribution >= 0.6 is 0 Å². The molecular formula is C21H24N4O2. The van der Waals surface area contributed by atoms with Crippen molar-refractivity contribution in [1.82, 2.24) is 14.5 Å². The highest BCUT2D eigenvalue weighted by Gasteiger charge is 2.15. The number of benzene rings is 2. The summed E-state index contributed by atoms with van der Waals surface area (Å²) in [6.07, 6.45) is 1.27. The summed E-state index contributed by atoms with van der Waals surface area (Å²) in [5.41, 5.74) is 3.27. The van der Waals surface area contributed by atoms with Crippen LogP contribution in [0.4, 0.5) is 5.69 Å². The molecule has 3 aromatic rings. The number of fused-ring (bicyclic) bond motifs is 1. The van der Waals surface area contributed by atoms with E-state index in [9.17, 15) is 9.59 Å². The number of rotatable bonds is 6. The zero-order valence-corrected chi connectivity index (χ0v) is 15.9. The lowest BCUT2D eigenvalue weighted by Crippen LogP contribution is -2.36. The van der Waals surface area contributed by atoms with E-state index in [2.05, 4.69) is 4.98 Å². The number of hydrogen-bond acceptors (Lipinski definition) is 4. The van der Waals surface area contributed by atoms with Crippen LogP contribution in [0.3, 0.4) is 0 Å². The van der Waals surface area contributed by atoms with Gasteiger partial charge in [-0.3, -0.25) is 14.2 Å². The SMILES string of the molecule is CCN(Cc1ccc(N(C)C)cc1)C(=O)Cn1c(=O)cnc2ccccc21. The van der Waals surface area contributed by atoms with Crippen LogP contribution in [0, 0.1) is 0 Å². The monoisotopic (exact) mass is 364 g/mol. The fourth-order valence-corrected chi connectivity index (χ4v) is 3.01. The summed E-state index contributed by atoms with van der Waals surface area (Å²) < 4.78 is 1.49. The van der Waals surface area contributed by atoms with Crippen LogP contribution in [-0.2, 0) is 17.9 Å². The molecule has 1 amide bonds. The van der Waals surface area contributed by atoms with Crippen LogP contribution in [0.5, 0.6) is 0 Å². The zero-order chi connectivity index (χ0) is 19.4.